The molecule has 0 aliphatic carbocycles. The van der Waals surface area contributed by atoms with Gasteiger partial charge in [0, 0.05) is 29.9 Å². The van der Waals surface area contributed by atoms with Gasteiger partial charge in [-0.1, -0.05) is 23.7 Å². The van der Waals surface area contributed by atoms with Gasteiger partial charge >= 0.3 is 0 Å². The minimum Gasteiger partial charge on any atom is -0.378 e. The molecule has 130 valence electrons. The summed E-state index contributed by atoms with van der Waals surface area (Å²) in [6.45, 7) is 4.30. The lowest BCUT2D eigenvalue weighted by atomic mass is 9.87. The number of rotatable bonds is 2. The van der Waals surface area contributed by atoms with Crippen molar-refractivity contribution in [3.8, 4) is 0 Å². The number of fused-ring (bicyclic) bond motifs is 1. The van der Waals surface area contributed by atoms with Crippen LogP contribution in [0.3, 0.4) is 0 Å². The summed E-state index contributed by atoms with van der Waals surface area (Å²) in [7, 11) is 0. The van der Waals surface area contributed by atoms with Gasteiger partial charge in [-0.15, -0.1) is 0 Å². The van der Waals surface area contributed by atoms with E-state index in [0.717, 1.165) is 17.1 Å². The highest BCUT2D eigenvalue weighted by atomic mass is 35.5. The second-order valence-corrected chi connectivity index (χ2v) is 6.74. The fourth-order valence-corrected chi connectivity index (χ4v) is 3.64. The summed E-state index contributed by atoms with van der Waals surface area (Å²) in [6.07, 6.45) is 1.72. The van der Waals surface area contributed by atoms with E-state index < -0.39 is 0 Å². The van der Waals surface area contributed by atoms with Gasteiger partial charge < -0.3 is 9.64 Å². The van der Waals surface area contributed by atoms with Crippen LogP contribution in [0.1, 0.15) is 18.5 Å². The zero-order valence-corrected chi connectivity index (χ0v) is 14.7. The molecule has 0 radical (unpaired) electrons. The van der Waals surface area contributed by atoms with Gasteiger partial charge in [0.25, 0.3) is 0 Å². The largest absolute Gasteiger partial charge is 0.378 e. The van der Waals surface area contributed by atoms with E-state index in [1.807, 2.05) is 46.8 Å². The van der Waals surface area contributed by atoms with Crippen LogP contribution in [-0.4, -0.2) is 52.6 Å². The average Bonchev–Trinajstić information content (AvgIpc) is 3.09. The number of ether oxygens (including phenoxy) is 1. The standard InChI is InChI=1S/C18H19ClN4O2/c1-12-16(18(24)22-8-10-25-11-9-22)17(13-2-4-14(19)5-3-13)23-15(21-12)6-7-20-23/h2-7,16-17H,8-11H2,1H3. The number of carbonyl (C=O) groups is 1. The normalized spacial score (nSPS) is 23.1. The number of hydrogen-bond donors (Lipinski definition) is 0. The Kier molecular flexibility index (Phi) is 4.31. The quantitative estimate of drug-likeness (QED) is 0.829. The van der Waals surface area contributed by atoms with Crippen LogP contribution in [0.5, 0.6) is 0 Å². The van der Waals surface area contributed by atoms with E-state index in [1.165, 1.54) is 0 Å². The zero-order valence-electron chi connectivity index (χ0n) is 13.9. The van der Waals surface area contributed by atoms with Crippen LogP contribution in [0.25, 0.3) is 0 Å². The fraction of sp³-hybridized carbons (Fsp3) is 0.389. The predicted octanol–water partition coefficient (Wildman–Crippen LogP) is 2.71. The van der Waals surface area contributed by atoms with Crippen LogP contribution in [0.4, 0.5) is 5.82 Å². The summed E-state index contributed by atoms with van der Waals surface area (Å²) in [4.78, 5) is 19.7. The SMILES string of the molecule is CC1=Nc2ccnn2C(c2ccc(Cl)cc2)C1C(=O)N1CCOCC1. The molecule has 4 rings (SSSR count). The molecule has 1 saturated heterocycles. The third-order valence-electron chi connectivity index (χ3n) is 4.77. The monoisotopic (exact) mass is 358 g/mol. The van der Waals surface area contributed by atoms with E-state index in [4.69, 9.17) is 16.3 Å². The van der Waals surface area contributed by atoms with Crippen molar-refractivity contribution >= 4 is 29.0 Å². The number of carbonyl (C=O) groups excluding carboxylic acids is 1. The molecule has 7 heteroatoms. The molecule has 1 fully saturated rings. The molecule has 2 atom stereocenters. The minimum atomic E-state index is -0.383. The molecular formula is C18H19ClN4O2. The molecule has 3 heterocycles. The summed E-state index contributed by atoms with van der Waals surface area (Å²) in [5.74, 6) is 0.459. The van der Waals surface area contributed by atoms with Crippen LogP contribution >= 0.6 is 11.6 Å². The number of morpholine rings is 1. The number of amides is 1. The van der Waals surface area contributed by atoms with Gasteiger partial charge in [0.15, 0.2) is 5.82 Å². The lowest BCUT2D eigenvalue weighted by Crippen LogP contribution is -2.48. The van der Waals surface area contributed by atoms with Crippen LogP contribution in [-0.2, 0) is 9.53 Å². The highest BCUT2D eigenvalue weighted by Crippen LogP contribution is 2.37. The van der Waals surface area contributed by atoms with E-state index in [0.29, 0.717) is 31.3 Å². The molecule has 0 spiro atoms. The second kappa shape index (κ2) is 6.61. The van der Waals surface area contributed by atoms with Gasteiger partial charge in [0.2, 0.25) is 5.91 Å². The molecule has 0 N–H and O–H groups in total. The lowest BCUT2D eigenvalue weighted by molar-refractivity contribution is -0.138. The van der Waals surface area contributed by atoms with Crippen molar-refractivity contribution < 1.29 is 9.53 Å². The number of halogens is 1. The zero-order chi connectivity index (χ0) is 17.4. The van der Waals surface area contributed by atoms with Crippen LogP contribution in [0.2, 0.25) is 5.02 Å². The Hall–Kier alpha value is -2.18. The number of hydrogen-bond acceptors (Lipinski definition) is 4. The highest BCUT2D eigenvalue weighted by Gasteiger charge is 2.40. The number of aromatic nitrogens is 2. The fourth-order valence-electron chi connectivity index (χ4n) is 3.52. The first-order valence-corrected chi connectivity index (χ1v) is 8.73. The van der Waals surface area contributed by atoms with Crippen LogP contribution < -0.4 is 0 Å². The van der Waals surface area contributed by atoms with E-state index in [-0.39, 0.29) is 17.9 Å². The molecule has 0 saturated carbocycles. The van der Waals surface area contributed by atoms with Crippen LogP contribution in [0, 0.1) is 5.92 Å². The summed E-state index contributed by atoms with van der Waals surface area (Å²) in [5.41, 5.74) is 1.81. The van der Waals surface area contributed by atoms with Crippen molar-refractivity contribution in [3.05, 3.63) is 47.1 Å². The Morgan fingerprint density at radius 2 is 1.92 bits per heavy atom. The first-order chi connectivity index (χ1) is 12.1. The third-order valence-corrected chi connectivity index (χ3v) is 5.02. The summed E-state index contributed by atoms with van der Waals surface area (Å²) in [5, 5.41) is 5.10. The van der Waals surface area contributed by atoms with E-state index >= 15 is 0 Å². The first kappa shape index (κ1) is 16.3. The molecule has 0 bridgehead atoms. The van der Waals surface area contributed by atoms with Gasteiger partial charge in [-0.05, 0) is 24.6 Å². The van der Waals surface area contributed by atoms with Crippen LogP contribution in [0.15, 0.2) is 41.5 Å². The third kappa shape index (κ3) is 2.96. The van der Waals surface area contributed by atoms with Crippen molar-refractivity contribution in [2.24, 2.45) is 10.9 Å². The average molecular weight is 359 g/mol. The number of aliphatic imine (C=N–C) groups is 1. The predicted molar refractivity (Wildman–Crippen MR) is 95.5 cm³/mol. The number of benzene rings is 1. The molecule has 2 aliphatic rings. The van der Waals surface area contributed by atoms with Crippen molar-refractivity contribution in [1.29, 1.82) is 0 Å². The highest BCUT2D eigenvalue weighted by molar-refractivity contribution is 6.30. The molecular weight excluding hydrogens is 340 g/mol. The molecule has 1 aromatic heterocycles. The minimum absolute atomic E-state index is 0.0747. The molecule has 2 aromatic rings. The van der Waals surface area contributed by atoms with Gasteiger partial charge in [-0.2, -0.15) is 5.10 Å². The maximum atomic E-state index is 13.3. The topological polar surface area (TPSA) is 59.7 Å². The second-order valence-electron chi connectivity index (χ2n) is 6.30. The molecule has 1 amide bonds. The maximum Gasteiger partial charge on any atom is 0.234 e. The molecule has 1 aromatic carbocycles. The molecule has 25 heavy (non-hydrogen) atoms. The lowest BCUT2D eigenvalue weighted by Gasteiger charge is -2.36. The molecule has 2 aliphatic heterocycles. The van der Waals surface area contributed by atoms with Gasteiger partial charge in [-0.25, -0.2) is 9.67 Å². The Bertz CT molecular complexity index is 809. The summed E-state index contributed by atoms with van der Waals surface area (Å²) in [6, 6.07) is 9.24. The Labute approximate surface area is 151 Å². The maximum absolute atomic E-state index is 13.3. The smallest absolute Gasteiger partial charge is 0.234 e. The molecule has 2 unspecified atom stereocenters. The van der Waals surface area contributed by atoms with Crippen molar-refractivity contribution in [3.63, 3.8) is 0 Å². The van der Waals surface area contributed by atoms with Gasteiger partial charge in [0.05, 0.1) is 25.5 Å². The van der Waals surface area contributed by atoms with Gasteiger partial charge in [-0.3, -0.25) is 4.79 Å². The summed E-state index contributed by atoms with van der Waals surface area (Å²) < 4.78 is 7.21. The Morgan fingerprint density at radius 3 is 2.64 bits per heavy atom. The first-order valence-electron chi connectivity index (χ1n) is 8.36. The Balaban J connectivity index is 1.76. The van der Waals surface area contributed by atoms with E-state index in [2.05, 4.69) is 10.1 Å². The van der Waals surface area contributed by atoms with E-state index in [1.54, 1.807) is 6.20 Å². The van der Waals surface area contributed by atoms with Crippen molar-refractivity contribution in [2.75, 3.05) is 26.3 Å². The van der Waals surface area contributed by atoms with Crippen molar-refractivity contribution in [1.82, 2.24) is 14.7 Å². The van der Waals surface area contributed by atoms with E-state index in [9.17, 15) is 4.79 Å². The number of nitrogens with zero attached hydrogens (tertiary/aromatic N) is 4. The van der Waals surface area contributed by atoms with Crippen molar-refractivity contribution in [2.45, 2.75) is 13.0 Å². The summed E-state index contributed by atoms with van der Waals surface area (Å²) >= 11 is 6.04. The van der Waals surface area contributed by atoms with Gasteiger partial charge in [0.1, 0.15) is 5.92 Å². The Morgan fingerprint density at radius 1 is 1.20 bits per heavy atom. The molecule has 6 nitrogen and oxygen atoms in total.